The number of sulfone groups is 1. The highest BCUT2D eigenvalue weighted by Crippen LogP contribution is 2.46. The first-order chi connectivity index (χ1) is 16.9. The molecule has 3 aromatic rings. The van der Waals surface area contributed by atoms with Crippen molar-refractivity contribution >= 4 is 27.3 Å². The van der Waals surface area contributed by atoms with E-state index in [1.54, 1.807) is 0 Å². The number of benzene rings is 3. The Bertz CT molecular complexity index is 1400. The predicted octanol–water partition coefficient (Wildman–Crippen LogP) is 6.24. The van der Waals surface area contributed by atoms with Crippen molar-refractivity contribution in [3.8, 4) is 0 Å². The molecule has 1 fully saturated rings. The van der Waals surface area contributed by atoms with E-state index in [1.165, 1.54) is 30.3 Å². The van der Waals surface area contributed by atoms with Gasteiger partial charge in [0.2, 0.25) is 0 Å². The molecule has 1 aliphatic heterocycles. The summed E-state index contributed by atoms with van der Waals surface area (Å²) in [6.45, 7) is -0.596. The lowest BCUT2D eigenvalue weighted by Gasteiger charge is -2.41. The second-order valence-corrected chi connectivity index (χ2v) is 11.1. The Labute approximate surface area is 209 Å². The molecule has 11 heteroatoms. The molecule has 0 aromatic heterocycles. The van der Waals surface area contributed by atoms with E-state index in [9.17, 15) is 35.2 Å². The molecule has 190 valence electrons. The van der Waals surface area contributed by atoms with Crippen LogP contribution >= 0.6 is 11.6 Å². The summed E-state index contributed by atoms with van der Waals surface area (Å²) >= 11 is 5.87. The second kappa shape index (κ2) is 9.48. The van der Waals surface area contributed by atoms with Gasteiger partial charge in [-0.1, -0.05) is 23.7 Å². The molecular formula is C25H19ClF5NO3S. The van der Waals surface area contributed by atoms with Gasteiger partial charge in [0.1, 0.15) is 16.4 Å². The zero-order valence-corrected chi connectivity index (χ0v) is 20.1. The molecule has 0 aliphatic carbocycles. The molecule has 0 unspecified atom stereocenters. The van der Waals surface area contributed by atoms with Gasteiger partial charge in [0.05, 0.1) is 16.0 Å². The first-order valence-electron chi connectivity index (χ1n) is 10.8. The Kier molecular flexibility index (Phi) is 6.87. The summed E-state index contributed by atoms with van der Waals surface area (Å²) in [5.41, 5.74) is -2.09. The minimum atomic E-state index is -4.77. The van der Waals surface area contributed by atoms with Gasteiger partial charge in [0, 0.05) is 23.7 Å². The van der Waals surface area contributed by atoms with Gasteiger partial charge in [-0.05, 0) is 67.4 Å². The van der Waals surface area contributed by atoms with Gasteiger partial charge in [-0.15, -0.1) is 0 Å². The molecule has 1 amide bonds. The summed E-state index contributed by atoms with van der Waals surface area (Å²) in [6.07, 6.45) is -5.50. The number of halogens is 6. The lowest BCUT2D eigenvalue weighted by Crippen LogP contribution is -2.49. The molecular weight excluding hydrogens is 525 g/mol. The van der Waals surface area contributed by atoms with Gasteiger partial charge >= 0.3 is 6.18 Å². The van der Waals surface area contributed by atoms with E-state index in [0.29, 0.717) is 0 Å². The molecule has 36 heavy (non-hydrogen) atoms. The van der Waals surface area contributed by atoms with Crippen molar-refractivity contribution in [3.63, 3.8) is 0 Å². The number of nitrogens with zero attached hydrogens (tertiary/aromatic N) is 1. The van der Waals surface area contributed by atoms with Gasteiger partial charge in [-0.2, -0.15) is 13.2 Å². The van der Waals surface area contributed by atoms with Crippen LogP contribution in [0.5, 0.6) is 0 Å². The SMILES string of the molecule is O=C(c1ccccc1C(F)(F)F)N1CCC(c2cc(F)ccc2F)(S(=O)(=O)c2ccc(Cl)cc2)CC1. The molecule has 4 rings (SSSR count). The van der Waals surface area contributed by atoms with E-state index in [-0.39, 0.29) is 35.8 Å². The second-order valence-electron chi connectivity index (χ2n) is 8.41. The topological polar surface area (TPSA) is 54.5 Å². The Morgan fingerprint density at radius 2 is 1.53 bits per heavy atom. The average molecular weight is 544 g/mol. The van der Waals surface area contributed by atoms with Crippen LogP contribution in [0.2, 0.25) is 5.02 Å². The van der Waals surface area contributed by atoms with Crippen molar-refractivity contribution in [2.45, 2.75) is 28.7 Å². The minimum absolute atomic E-state index is 0.183. The first-order valence-corrected chi connectivity index (χ1v) is 12.6. The fourth-order valence-electron chi connectivity index (χ4n) is 4.53. The molecule has 0 atom stereocenters. The largest absolute Gasteiger partial charge is 0.417 e. The molecule has 3 aromatic carbocycles. The highest BCUT2D eigenvalue weighted by atomic mass is 35.5. The summed E-state index contributed by atoms with van der Waals surface area (Å²) in [7, 11) is -4.36. The maximum Gasteiger partial charge on any atom is 0.417 e. The Morgan fingerprint density at radius 3 is 2.14 bits per heavy atom. The van der Waals surface area contributed by atoms with Crippen LogP contribution in [-0.4, -0.2) is 32.3 Å². The van der Waals surface area contributed by atoms with Crippen LogP contribution in [0.25, 0.3) is 0 Å². The Balaban J connectivity index is 1.75. The maximum absolute atomic E-state index is 15.0. The summed E-state index contributed by atoms with van der Waals surface area (Å²) in [6, 6.07) is 11.9. The van der Waals surface area contributed by atoms with E-state index in [2.05, 4.69) is 0 Å². The lowest BCUT2D eigenvalue weighted by atomic mass is 9.87. The van der Waals surface area contributed by atoms with Crippen molar-refractivity contribution in [3.05, 3.63) is 100 Å². The third-order valence-corrected chi connectivity index (χ3v) is 9.18. The Morgan fingerprint density at radius 1 is 0.917 bits per heavy atom. The van der Waals surface area contributed by atoms with Crippen LogP contribution in [0.3, 0.4) is 0 Å². The number of hydrogen-bond donors (Lipinski definition) is 0. The number of likely N-dealkylation sites (tertiary alicyclic amines) is 1. The van der Waals surface area contributed by atoms with Crippen LogP contribution in [-0.2, 0) is 20.8 Å². The van der Waals surface area contributed by atoms with Crippen LogP contribution in [0.15, 0.2) is 71.6 Å². The number of hydrogen-bond acceptors (Lipinski definition) is 3. The van der Waals surface area contributed by atoms with Crippen LogP contribution < -0.4 is 0 Å². The monoisotopic (exact) mass is 543 g/mol. The number of alkyl halides is 3. The van der Waals surface area contributed by atoms with E-state index < -0.39 is 55.0 Å². The fourth-order valence-corrected chi connectivity index (χ4v) is 6.76. The molecule has 0 radical (unpaired) electrons. The first kappa shape index (κ1) is 26.1. The van der Waals surface area contributed by atoms with Crippen molar-refractivity contribution in [1.82, 2.24) is 4.90 Å². The molecule has 0 spiro atoms. The lowest BCUT2D eigenvalue weighted by molar-refractivity contribution is -0.138. The number of carbonyl (C=O) groups excluding carboxylic acids is 1. The highest BCUT2D eigenvalue weighted by molar-refractivity contribution is 7.92. The van der Waals surface area contributed by atoms with Crippen molar-refractivity contribution < 1.29 is 35.2 Å². The maximum atomic E-state index is 15.0. The number of piperidine rings is 1. The fraction of sp³-hybridized carbons (Fsp3) is 0.240. The van der Waals surface area contributed by atoms with Crippen molar-refractivity contribution in [2.24, 2.45) is 0 Å². The summed E-state index contributed by atoms with van der Waals surface area (Å²) < 4.78 is 95.1. The highest BCUT2D eigenvalue weighted by Gasteiger charge is 2.50. The minimum Gasteiger partial charge on any atom is -0.339 e. The van der Waals surface area contributed by atoms with Gasteiger partial charge in [-0.3, -0.25) is 4.79 Å². The van der Waals surface area contributed by atoms with E-state index in [1.807, 2.05) is 0 Å². The standard InChI is InChI=1S/C25H19ClF5NO3S/c26-16-5-8-18(9-6-16)36(34,35)24(21-15-17(27)7-10-22(21)28)11-13-32(14-12-24)23(33)19-3-1-2-4-20(19)25(29,30)31/h1-10,15H,11-14H2. The zero-order chi connectivity index (χ0) is 26.3. The van der Waals surface area contributed by atoms with Gasteiger partial charge < -0.3 is 4.90 Å². The smallest absolute Gasteiger partial charge is 0.339 e. The van der Waals surface area contributed by atoms with Crippen molar-refractivity contribution in [1.29, 1.82) is 0 Å². The third-order valence-electron chi connectivity index (χ3n) is 6.38. The third kappa shape index (κ3) is 4.59. The molecule has 0 N–H and O–H groups in total. The number of amides is 1. The molecule has 1 aliphatic rings. The summed E-state index contributed by atoms with van der Waals surface area (Å²) in [5, 5.41) is 0.267. The van der Waals surface area contributed by atoms with E-state index in [4.69, 9.17) is 11.6 Å². The van der Waals surface area contributed by atoms with E-state index in [0.717, 1.165) is 41.3 Å². The number of rotatable bonds is 4. The summed E-state index contributed by atoms with van der Waals surface area (Å²) in [5.74, 6) is -2.73. The molecule has 1 saturated heterocycles. The molecule has 0 saturated carbocycles. The average Bonchev–Trinajstić information content (AvgIpc) is 2.85. The van der Waals surface area contributed by atoms with Crippen LogP contribution in [0.1, 0.15) is 34.3 Å². The quantitative estimate of drug-likeness (QED) is 0.366. The summed E-state index contributed by atoms with van der Waals surface area (Å²) in [4.78, 5) is 13.9. The van der Waals surface area contributed by atoms with Crippen LogP contribution in [0, 0.1) is 11.6 Å². The molecule has 0 bridgehead atoms. The zero-order valence-electron chi connectivity index (χ0n) is 18.5. The molecule has 1 heterocycles. The number of carbonyl (C=O) groups is 1. The van der Waals surface area contributed by atoms with Crippen molar-refractivity contribution in [2.75, 3.05) is 13.1 Å². The molecule has 4 nitrogen and oxygen atoms in total. The predicted molar refractivity (Wildman–Crippen MR) is 123 cm³/mol. The van der Waals surface area contributed by atoms with E-state index >= 15 is 0 Å². The van der Waals surface area contributed by atoms with Gasteiger partial charge in [0.15, 0.2) is 9.84 Å². The normalized spacial score (nSPS) is 16.1. The van der Waals surface area contributed by atoms with Gasteiger partial charge in [-0.25, -0.2) is 17.2 Å². The van der Waals surface area contributed by atoms with Crippen LogP contribution in [0.4, 0.5) is 22.0 Å². The van der Waals surface area contributed by atoms with Gasteiger partial charge in [0.25, 0.3) is 5.91 Å². The Hall–Kier alpha value is -2.98.